The lowest BCUT2D eigenvalue weighted by molar-refractivity contribution is -0.138. The van der Waals surface area contributed by atoms with Crippen LogP contribution in [0, 0.1) is 11.3 Å². The summed E-state index contributed by atoms with van der Waals surface area (Å²) in [6, 6.07) is 7.60. The molecule has 0 spiro atoms. The summed E-state index contributed by atoms with van der Waals surface area (Å²) in [7, 11) is 0. The van der Waals surface area contributed by atoms with Gasteiger partial charge in [0.1, 0.15) is 6.07 Å². The Bertz CT molecular complexity index is 541. The monoisotopic (exact) mass is 260 g/mol. The fraction of sp³-hybridized carbons (Fsp3) is 0.154. The van der Waals surface area contributed by atoms with Crippen molar-refractivity contribution < 1.29 is 19.4 Å². The first-order valence-electron chi connectivity index (χ1n) is 5.45. The molecule has 0 fully saturated rings. The minimum absolute atomic E-state index is 0.153. The number of esters is 1. The van der Waals surface area contributed by atoms with Crippen LogP contribution in [0.3, 0.4) is 0 Å². The summed E-state index contributed by atoms with van der Waals surface area (Å²) < 4.78 is 4.69. The van der Waals surface area contributed by atoms with Crippen molar-refractivity contribution in [2.75, 3.05) is 11.9 Å². The second-order valence-electron chi connectivity index (χ2n) is 3.42. The van der Waals surface area contributed by atoms with E-state index in [1.165, 1.54) is 30.5 Å². The van der Waals surface area contributed by atoms with E-state index in [1.54, 1.807) is 13.0 Å². The normalized spacial score (nSPS) is 10.4. The molecule has 0 heterocycles. The van der Waals surface area contributed by atoms with Crippen molar-refractivity contribution in [3.8, 4) is 6.07 Å². The molecule has 1 rings (SSSR count). The summed E-state index contributed by atoms with van der Waals surface area (Å²) in [4.78, 5) is 22.0. The third kappa shape index (κ3) is 4.16. The zero-order chi connectivity index (χ0) is 14.3. The van der Waals surface area contributed by atoms with Crippen LogP contribution in [0.15, 0.2) is 36.0 Å². The highest BCUT2D eigenvalue weighted by Crippen LogP contribution is 2.10. The zero-order valence-electron chi connectivity index (χ0n) is 10.2. The Morgan fingerprint density at radius 2 is 2.05 bits per heavy atom. The Morgan fingerprint density at radius 3 is 2.53 bits per heavy atom. The van der Waals surface area contributed by atoms with Crippen LogP contribution >= 0.6 is 0 Å². The maximum Gasteiger partial charge on any atom is 0.350 e. The van der Waals surface area contributed by atoms with Crippen molar-refractivity contribution in [2.45, 2.75) is 6.92 Å². The molecule has 0 unspecified atom stereocenters. The van der Waals surface area contributed by atoms with Gasteiger partial charge < -0.3 is 15.2 Å². The number of aromatic carboxylic acids is 1. The lowest BCUT2D eigenvalue weighted by Crippen LogP contribution is -2.07. The highest BCUT2D eigenvalue weighted by molar-refractivity contribution is 5.93. The fourth-order valence-corrected chi connectivity index (χ4v) is 1.21. The minimum atomic E-state index is -1.02. The van der Waals surface area contributed by atoms with Crippen LogP contribution in [0.4, 0.5) is 5.69 Å². The van der Waals surface area contributed by atoms with E-state index in [1.807, 2.05) is 0 Å². The molecule has 0 aliphatic carbocycles. The van der Waals surface area contributed by atoms with Gasteiger partial charge in [0.05, 0.1) is 12.2 Å². The summed E-state index contributed by atoms with van der Waals surface area (Å²) in [6.07, 6.45) is 1.22. The molecule has 0 aliphatic heterocycles. The average Bonchev–Trinajstić information content (AvgIpc) is 2.40. The number of rotatable bonds is 5. The first-order chi connectivity index (χ1) is 9.08. The van der Waals surface area contributed by atoms with Crippen molar-refractivity contribution in [3.05, 3.63) is 41.6 Å². The molecule has 1 aromatic carbocycles. The molecule has 1 aromatic rings. The number of hydrogen-bond donors (Lipinski definition) is 2. The Morgan fingerprint density at radius 1 is 1.42 bits per heavy atom. The number of anilines is 1. The van der Waals surface area contributed by atoms with Crippen molar-refractivity contribution >= 4 is 17.6 Å². The van der Waals surface area contributed by atoms with Gasteiger partial charge in [-0.15, -0.1) is 0 Å². The largest absolute Gasteiger partial charge is 0.478 e. The van der Waals surface area contributed by atoms with Crippen LogP contribution in [0.5, 0.6) is 0 Å². The Kier molecular flexibility index (Phi) is 5.11. The molecule has 6 nitrogen and oxygen atoms in total. The second kappa shape index (κ2) is 6.81. The topological polar surface area (TPSA) is 99.4 Å². The number of nitrogens with one attached hydrogen (secondary N) is 1. The van der Waals surface area contributed by atoms with Crippen molar-refractivity contribution in [3.63, 3.8) is 0 Å². The van der Waals surface area contributed by atoms with Crippen LogP contribution in [0.1, 0.15) is 17.3 Å². The number of hydrogen-bond acceptors (Lipinski definition) is 5. The molecule has 6 heteroatoms. The van der Waals surface area contributed by atoms with Crippen molar-refractivity contribution in [1.29, 1.82) is 5.26 Å². The summed E-state index contributed by atoms with van der Waals surface area (Å²) in [5, 5.41) is 20.2. The number of nitrogens with zero attached hydrogens (tertiary/aromatic N) is 1. The molecule has 19 heavy (non-hydrogen) atoms. The van der Waals surface area contributed by atoms with Gasteiger partial charge in [0.15, 0.2) is 5.57 Å². The number of carboxylic acids is 1. The number of ether oxygens (including phenoxy) is 1. The van der Waals surface area contributed by atoms with E-state index in [9.17, 15) is 9.59 Å². The smallest absolute Gasteiger partial charge is 0.350 e. The van der Waals surface area contributed by atoms with Gasteiger partial charge in [-0.05, 0) is 31.2 Å². The van der Waals surface area contributed by atoms with E-state index in [0.29, 0.717) is 5.69 Å². The third-order valence-corrected chi connectivity index (χ3v) is 2.13. The number of carbonyl (C=O) groups is 2. The van der Waals surface area contributed by atoms with E-state index < -0.39 is 11.9 Å². The van der Waals surface area contributed by atoms with E-state index in [0.717, 1.165) is 0 Å². The molecule has 0 saturated carbocycles. The molecule has 0 saturated heterocycles. The summed E-state index contributed by atoms with van der Waals surface area (Å²) >= 11 is 0. The molecular weight excluding hydrogens is 248 g/mol. The lowest BCUT2D eigenvalue weighted by Gasteiger charge is -2.03. The predicted molar refractivity (Wildman–Crippen MR) is 67.4 cm³/mol. The standard InChI is InChI=1S/C13H12N2O4/c1-2-19-13(18)10(7-14)8-15-11-5-3-9(4-6-11)12(16)17/h3-6,8,15H,2H2,1H3,(H,16,17)/b10-8-. The first kappa shape index (κ1) is 14.3. The molecule has 0 aromatic heterocycles. The number of carboxylic acid groups (broad SMARTS) is 1. The molecule has 0 aliphatic rings. The Labute approximate surface area is 109 Å². The lowest BCUT2D eigenvalue weighted by atomic mass is 10.2. The van der Waals surface area contributed by atoms with Crippen molar-refractivity contribution in [2.24, 2.45) is 0 Å². The average molecular weight is 260 g/mol. The van der Waals surface area contributed by atoms with Crippen LogP contribution in [0.2, 0.25) is 0 Å². The van der Waals surface area contributed by atoms with Gasteiger partial charge in [-0.25, -0.2) is 9.59 Å². The number of carbonyl (C=O) groups excluding carboxylic acids is 1. The summed E-state index contributed by atoms with van der Waals surface area (Å²) in [5.41, 5.74) is 0.548. The van der Waals surface area contributed by atoms with Gasteiger partial charge in [-0.3, -0.25) is 0 Å². The maximum absolute atomic E-state index is 11.3. The van der Waals surface area contributed by atoms with Gasteiger partial charge in [0, 0.05) is 11.9 Å². The zero-order valence-corrected chi connectivity index (χ0v) is 10.2. The van der Waals surface area contributed by atoms with E-state index in [4.69, 9.17) is 10.4 Å². The highest BCUT2D eigenvalue weighted by atomic mass is 16.5. The third-order valence-electron chi connectivity index (χ3n) is 2.13. The van der Waals surface area contributed by atoms with Crippen molar-refractivity contribution in [1.82, 2.24) is 0 Å². The van der Waals surface area contributed by atoms with Gasteiger partial charge in [0.25, 0.3) is 0 Å². The second-order valence-corrected chi connectivity index (χ2v) is 3.42. The van der Waals surface area contributed by atoms with Gasteiger partial charge in [-0.1, -0.05) is 0 Å². The fourth-order valence-electron chi connectivity index (χ4n) is 1.21. The molecule has 0 bridgehead atoms. The number of benzene rings is 1. The van der Waals surface area contributed by atoms with Gasteiger partial charge in [0.2, 0.25) is 0 Å². The molecule has 0 radical (unpaired) electrons. The minimum Gasteiger partial charge on any atom is -0.478 e. The predicted octanol–water partition coefficient (Wildman–Crippen LogP) is 1.77. The van der Waals surface area contributed by atoms with E-state index in [-0.39, 0.29) is 17.7 Å². The molecular formula is C13H12N2O4. The van der Waals surface area contributed by atoms with E-state index in [2.05, 4.69) is 10.1 Å². The summed E-state index contributed by atoms with van der Waals surface area (Å²) in [5.74, 6) is -1.73. The Balaban J connectivity index is 2.76. The molecule has 2 N–H and O–H groups in total. The van der Waals surface area contributed by atoms with E-state index >= 15 is 0 Å². The van der Waals surface area contributed by atoms with Crippen LogP contribution in [-0.2, 0) is 9.53 Å². The van der Waals surface area contributed by atoms with Crippen LogP contribution < -0.4 is 5.32 Å². The number of nitriles is 1. The highest BCUT2D eigenvalue weighted by Gasteiger charge is 2.09. The van der Waals surface area contributed by atoms with Crippen LogP contribution in [-0.4, -0.2) is 23.7 Å². The van der Waals surface area contributed by atoms with Gasteiger partial charge >= 0.3 is 11.9 Å². The molecule has 0 amide bonds. The van der Waals surface area contributed by atoms with Crippen LogP contribution in [0.25, 0.3) is 0 Å². The maximum atomic E-state index is 11.3. The first-order valence-corrected chi connectivity index (χ1v) is 5.45. The quantitative estimate of drug-likeness (QED) is 0.475. The Hall–Kier alpha value is -2.81. The SMILES string of the molecule is CCOC(=O)/C(C#N)=C\Nc1ccc(C(=O)O)cc1. The van der Waals surface area contributed by atoms with Gasteiger partial charge in [-0.2, -0.15) is 5.26 Å². The molecule has 98 valence electrons. The molecule has 0 atom stereocenters. The summed E-state index contributed by atoms with van der Waals surface area (Å²) in [6.45, 7) is 1.83.